The van der Waals surface area contributed by atoms with Gasteiger partial charge in [0.2, 0.25) is 15.8 Å². The fourth-order valence-electron chi connectivity index (χ4n) is 2.77. The van der Waals surface area contributed by atoms with E-state index in [9.17, 15) is 17.2 Å². The summed E-state index contributed by atoms with van der Waals surface area (Å²) in [5, 5.41) is 20.4. The molecule has 12 heteroatoms. The van der Waals surface area contributed by atoms with Crippen molar-refractivity contribution >= 4 is 10.0 Å². The molecular weight excluding hydrogens is 384 g/mol. The summed E-state index contributed by atoms with van der Waals surface area (Å²) in [6.45, 7) is 0.179. The van der Waals surface area contributed by atoms with Gasteiger partial charge in [0, 0.05) is 18.7 Å². The van der Waals surface area contributed by atoms with Crippen molar-refractivity contribution in [2.75, 3.05) is 19.8 Å². The molecule has 0 spiro atoms. The molecule has 0 radical (unpaired) electrons. The minimum absolute atomic E-state index is 0.0316. The molecule has 1 unspecified atom stereocenters. The summed E-state index contributed by atoms with van der Waals surface area (Å²) in [6, 6.07) is 1.66. The number of ether oxygens (including phenoxy) is 1. The van der Waals surface area contributed by atoms with E-state index in [4.69, 9.17) is 9.84 Å². The molecular formula is C15H19F2N5O4S. The maximum Gasteiger partial charge on any atom is 0.246 e. The monoisotopic (exact) mass is 403 g/mol. The van der Waals surface area contributed by atoms with Gasteiger partial charge in [0.15, 0.2) is 4.90 Å². The number of benzene rings is 1. The van der Waals surface area contributed by atoms with Crippen LogP contribution in [0.2, 0.25) is 0 Å². The molecule has 1 fully saturated rings. The predicted octanol–water partition coefficient (Wildman–Crippen LogP) is 0.458. The normalized spacial score (nSPS) is 18.0. The highest BCUT2D eigenvalue weighted by Gasteiger charge is 2.26. The SMILES string of the molecule is O=S(=O)(NCCO)c1c(F)cc(-c2nnn(CC3CCCCO3)n2)cc1F. The van der Waals surface area contributed by atoms with Crippen LogP contribution in [0, 0.1) is 11.6 Å². The van der Waals surface area contributed by atoms with Crippen LogP contribution in [-0.4, -0.2) is 59.6 Å². The topological polar surface area (TPSA) is 119 Å². The van der Waals surface area contributed by atoms with Crippen LogP contribution in [0.5, 0.6) is 0 Å². The molecule has 1 atom stereocenters. The smallest absolute Gasteiger partial charge is 0.246 e. The quantitative estimate of drug-likeness (QED) is 0.689. The van der Waals surface area contributed by atoms with E-state index in [1.807, 2.05) is 4.72 Å². The molecule has 0 saturated carbocycles. The van der Waals surface area contributed by atoms with Crippen molar-refractivity contribution in [1.82, 2.24) is 24.9 Å². The number of nitrogens with one attached hydrogen (secondary N) is 1. The number of rotatable bonds is 7. The molecule has 27 heavy (non-hydrogen) atoms. The van der Waals surface area contributed by atoms with Gasteiger partial charge >= 0.3 is 0 Å². The van der Waals surface area contributed by atoms with Crippen LogP contribution in [0.25, 0.3) is 11.4 Å². The first-order valence-electron chi connectivity index (χ1n) is 8.40. The minimum atomic E-state index is -4.43. The molecule has 2 heterocycles. The van der Waals surface area contributed by atoms with Crippen molar-refractivity contribution in [3.63, 3.8) is 0 Å². The first kappa shape index (κ1) is 19.7. The van der Waals surface area contributed by atoms with E-state index in [1.165, 1.54) is 4.80 Å². The summed E-state index contributed by atoms with van der Waals surface area (Å²) in [7, 11) is -4.43. The van der Waals surface area contributed by atoms with Gasteiger partial charge in [-0.3, -0.25) is 0 Å². The number of nitrogens with zero attached hydrogens (tertiary/aromatic N) is 4. The third kappa shape index (κ3) is 4.64. The highest BCUT2D eigenvalue weighted by atomic mass is 32.2. The molecule has 0 amide bonds. The fourth-order valence-corrected chi connectivity index (χ4v) is 3.90. The molecule has 1 saturated heterocycles. The van der Waals surface area contributed by atoms with Crippen molar-refractivity contribution < 1.29 is 27.0 Å². The second-order valence-electron chi connectivity index (χ2n) is 6.05. The summed E-state index contributed by atoms with van der Waals surface area (Å²) < 4.78 is 59.9. The summed E-state index contributed by atoms with van der Waals surface area (Å²) in [4.78, 5) is 0.164. The van der Waals surface area contributed by atoms with Gasteiger partial charge in [-0.1, -0.05) is 0 Å². The number of sulfonamides is 1. The van der Waals surface area contributed by atoms with Crippen molar-refractivity contribution in [2.24, 2.45) is 0 Å². The van der Waals surface area contributed by atoms with Crippen LogP contribution in [0.3, 0.4) is 0 Å². The molecule has 2 aromatic rings. The number of aliphatic hydroxyl groups excluding tert-OH is 1. The molecule has 3 rings (SSSR count). The molecule has 2 N–H and O–H groups in total. The number of aromatic nitrogens is 4. The number of tetrazole rings is 1. The Hall–Kier alpha value is -2.02. The first-order chi connectivity index (χ1) is 12.9. The van der Waals surface area contributed by atoms with Crippen LogP contribution in [-0.2, 0) is 21.3 Å². The van der Waals surface area contributed by atoms with E-state index in [-0.39, 0.29) is 24.0 Å². The summed E-state index contributed by atoms with van der Waals surface area (Å²) in [5.74, 6) is -2.61. The number of halogens is 2. The molecule has 0 bridgehead atoms. The average Bonchev–Trinajstić information content (AvgIpc) is 3.08. The third-order valence-corrected chi connectivity index (χ3v) is 5.53. The lowest BCUT2D eigenvalue weighted by Gasteiger charge is -2.21. The lowest BCUT2D eigenvalue weighted by atomic mass is 10.1. The Labute approximate surface area is 154 Å². The molecule has 148 valence electrons. The van der Waals surface area contributed by atoms with Gasteiger partial charge in [-0.05, 0) is 36.6 Å². The predicted molar refractivity (Wildman–Crippen MR) is 89.0 cm³/mol. The van der Waals surface area contributed by atoms with Crippen LogP contribution in [0.4, 0.5) is 8.78 Å². The zero-order valence-electron chi connectivity index (χ0n) is 14.3. The van der Waals surface area contributed by atoms with E-state index in [0.29, 0.717) is 13.2 Å². The maximum atomic E-state index is 14.3. The Kier molecular flexibility index (Phi) is 6.09. The molecule has 9 nitrogen and oxygen atoms in total. The molecule has 0 aliphatic carbocycles. The lowest BCUT2D eigenvalue weighted by Crippen LogP contribution is -2.28. The van der Waals surface area contributed by atoms with Crippen LogP contribution < -0.4 is 4.72 Å². The van der Waals surface area contributed by atoms with Crippen LogP contribution >= 0.6 is 0 Å². The van der Waals surface area contributed by atoms with E-state index < -0.39 is 33.2 Å². The van der Waals surface area contributed by atoms with E-state index in [2.05, 4.69) is 15.4 Å². The summed E-state index contributed by atoms with van der Waals surface area (Å²) in [5.41, 5.74) is -0.0399. The maximum absolute atomic E-state index is 14.3. The zero-order chi connectivity index (χ0) is 19.4. The highest BCUT2D eigenvalue weighted by molar-refractivity contribution is 7.89. The van der Waals surface area contributed by atoms with Gasteiger partial charge < -0.3 is 9.84 Å². The molecule has 1 aliphatic rings. The second-order valence-corrected chi connectivity index (χ2v) is 7.75. The fraction of sp³-hybridized carbons (Fsp3) is 0.533. The molecule has 1 aromatic carbocycles. The minimum Gasteiger partial charge on any atom is -0.395 e. The zero-order valence-corrected chi connectivity index (χ0v) is 15.1. The van der Waals surface area contributed by atoms with E-state index in [0.717, 1.165) is 31.4 Å². The Bertz CT molecular complexity index is 876. The van der Waals surface area contributed by atoms with Gasteiger partial charge in [-0.25, -0.2) is 21.9 Å². The van der Waals surface area contributed by atoms with Crippen molar-refractivity contribution in [2.45, 2.75) is 36.8 Å². The van der Waals surface area contributed by atoms with Gasteiger partial charge in [-0.15, -0.1) is 10.2 Å². The van der Waals surface area contributed by atoms with Crippen LogP contribution in [0.15, 0.2) is 17.0 Å². The Morgan fingerprint density at radius 2 is 2.04 bits per heavy atom. The first-order valence-corrected chi connectivity index (χ1v) is 9.88. The van der Waals surface area contributed by atoms with Gasteiger partial charge in [0.25, 0.3) is 0 Å². The number of aliphatic hydroxyl groups is 1. The second kappa shape index (κ2) is 8.33. The summed E-state index contributed by atoms with van der Waals surface area (Å²) >= 11 is 0. The largest absolute Gasteiger partial charge is 0.395 e. The molecule has 1 aromatic heterocycles. The Morgan fingerprint density at radius 1 is 1.30 bits per heavy atom. The molecule has 1 aliphatic heterocycles. The van der Waals surface area contributed by atoms with Gasteiger partial charge in [0.1, 0.15) is 11.6 Å². The lowest BCUT2D eigenvalue weighted by molar-refractivity contribution is 0.00133. The Balaban J connectivity index is 1.82. The number of hydrogen-bond acceptors (Lipinski definition) is 7. The van der Waals surface area contributed by atoms with E-state index >= 15 is 0 Å². The van der Waals surface area contributed by atoms with Gasteiger partial charge in [-0.2, -0.15) is 4.80 Å². The van der Waals surface area contributed by atoms with Crippen molar-refractivity contribution in [3.8, 4) is 11.4 Å². The number of hydrogen-bond donors (Lipinski definition) is 2. The highest BCUT2D eigenvalue weighted by Crippen LogP contribution is 2.25. The van der Waals surface area contributed by atoms with Crippen LogP contribution in [0.1, 0.15) is 19.3 Å². The van der Waals surface area contributed by atoms with Gasteiger partial charge in [0.05, 0.1) is 19.3 Å². The van der Waals surface area contributed by atoms with Crippen molar-refractivity contribution in [1.29, 1.82) is 0 Å². The Morgan fingerprint density at radius 3 is 2.67 bits per heavy atom. The van der Waals surface area contributed by atoms with E-state index in [1.54, 1.807) is 0 Å². The average molecular weight is 403 g/mol. The summed E-state index contributed by atoms with van der Waals surface area (Å²) in [6.07, 6.45) is 2.88. The van der Waals surface area contributed by atoms with Crippen molar-refractivity contribution in [3.05, 3.63) is 23.8 Å². The third-order valence-electron chi connectivity index (χ3n) is 4.02. The standard InChI is InChI=1S/C15H19F2N5O4S/c16-12-7-10(8-13(17)14(12)27(24,25)18-4-5-23)15-19-21-22(20-15)9-11-3-1-2-6-26-11/h7-8,11,18,23H,1-6,9H2.